The molecule has 82 valence electrons. The Balaban J connectivity index is 3.07. The van der Waals surface area contributed by atoms with E-state index in [2.05, 4.69) is 0 Å². The number of Topliss-reactive ketones (excluding diaryl/α,β-unsaturated/α-hetero) is 1. The molecule has 2 aromatic heterocycles. The first kappa shape index (κ1) is 10.4. The second kappa shape index (κ2) is 3.44. The van der Waals surface area contributed by atoms with Crippen LogP contribution in [0.4, 0.5) is 0 Å². The number of carbonyl (C=O) groups excluding carboxylic acids is 1. The highest BCUT2D eigenvalue weighted by molar-refractivity contribution is 5.95. The van der Waals surface area contributed by atoms with Gasteiger partial charge in [0.25, 0.3) is 5.65 Å². The van der Waals surface area contributed by atoms with Crippen LogP contribution >= 0.6 is 0 Å². The first-order valence-electron chi connectivity index (χ1n) is 4.77. The molecule has 16 heavy (non-hydrogen) atoms. The summed E-state index contributed by atoms with van der Waals surface area (Å²) in [6.45, 7) is 1.26. The van der Waals surface area contributed by atoms with Crippen LogP contribution in [0.2, 0.25) is 0 Å². The van der Waals surface area contributed by atoms with E-state index in [9.17, 15) is 14.7 Å². The molecule has 0 saturated carbocycles. The fourth-order valence-electron chi connectivity index (χ4n) is 1.68. The zero-order chi connectivity index (χ0) is 11.9. The number of hydrogen-bond acceptors (Lipinski definition) is 3. The molecule has 2 rings (SSSR count). The van der Waals surface area contributed by atoms with Crippen LogP contribution < -0.4 is 10.1 Å². The van der Waals surface area contributed by atoms with Crippen LogP contribution in [0.3, 0.4) is 0 Å². The molecule has 5 nitrogen and oxygen atoms in total. The van der Waals surface area contributed by atoms with E-state index < -0.39 is 11.3 Å². The van der Waals surface area contributed by atoms with E-state index in [4.69, 9.17) is 0 Å². The molecule has 2 heterocycles. The van der Waals surface area contributed by atoms with Crippen molar-refractivity contribution in [3.63, 3.8) is 0 Å². The molecule has 0 bridgehead atoms. The highest BCUT2D eigenvalue weighted by Gasteiger charge is 2.23. The molecule has 0 spiro atoms. The van der Waals surface area contributed by atoms with Gasteiger partial charge in [-0.15, -0.1) is 0 Å². The number of carbonyl (C=O) groups is 1. The van der Waals surface area contributed by atoms with Crippen molar-refractivity contribution < 1.29 is 14.5 Å². The molecule has 0 saturated heterocycles. The van der Waals surface area contributed by atoms with E-state index in [0.29, 0.717) is 5.65 Å². The normalized spacial score (nSPS) is 10.6. The summed E-state index contributed by atoms with van der Waals surface area (Å²) in [5.41, 5.74) is -0.167. The van der Waals surface area contributed by atoms with Gasteiger partial charge in [-0.05, 0) is 13.0 Å². The van der Waals surface area contributed by atoms with Crippen molar-refractivity contribution in [3.05, 3.63) is 40.3 Å². The maximum absolute atomic E-state index is 11.9. The van der Waals surface area contributed by atoms with Crippen LogP contribution in [-0.4, -0.2) is 15.3 Å². The zero-order valence-corrected chi connectivity index (χ0v) is 8.97. The molecule has 5 heteroatoms. The first-order valence-corrected chi connectivity index (χ1v) is 4.77. The number of hydrogen-bond donors (Lipinski definition) is 1. The van der Waals surface area contributed by atoms with E-state index in [1.807, 2.05) is 0 Å². The smallest absolute Gasteiger partial charge is 0.357 e. The third-order valence-corrected chi connectivity index (χ3v) is 2.51. The van der Waals surface area contributed by atoms with E-state index >= 15 is 0 Å². The largest absolute Gasteiger partial charge is 0.477 e. The van der Waals surface area contributed by atoms with Gasteiger partial charge in [-0.2, -0.15) is 8.97 Å². The van der Waals surface area contributed by atoms with Crippen molar-refractivity contribution >= 4 is 11.4 Å². The molecule has 0 aliphatic carbocycles. The van der Waals surface area contributed by atoms with Crippen molar-refractivity contribution in [3.8, 4) is 5.88 Å². The number of fused-ring (bicyclic) bond motifs is 1. The molecule has 0 unspecified atom stereocenters. The lowest BCUT2D eigenvalue weighted by Crippen LogP contribution is -2.39. The van der Waals surface area contributed by atoms with Crippen molar-refractivity contribution in [2.75, 3.05) is 0 Å². The number of ketones is 1. The molecule has 0 aliphatic heterocycles. The molecule has 0 fully saturated rings. The van der Waals surface area contributed by atoms with Crippen molar-refractivity contribution in [2.24, 2.45) is 7.05 Å². The van der Waals surface area contributed by atoms with Gasteiger partial charge in [0.1, 0.15) is 0 Å². The van der Waals surface area contributed by atoms with Crippen LogP contribution in [0, 0.1) is 0 Å². The second-order valence-electron chi connectivity index (χ2n) is 3.55. The van der Waals surface area contributed by atoms with Crippen molar-refractivity contribution in [1.29, 1.82) is 0 Å². The molecule has 0 radical (unpaired) electrons. The Labute approximate surface area is 91.2 Å². The zero-order valence-electron chi connectivity index (χ0n) is 8.97. The molecular weight excluding hydrogens is 208 g/mol. The predicted molar refractivity (Wildman–Crippen MR) is 56.5 cm³/mol. The van der Waals surface area contributed by atoms with Gasteiger partial charge >= 0.3 is 11.4 Å². The lowest BCUT2D eigenvalue weighted by atomic mass is 10.2. The van der Waals surface area contributed by atoms with E-state index in [-0.39, 0.29) is 11.4 Å². The fourth-order valence-corrected chi connectivity index (χ4v) is 1.68. The summed E-state index contributed by atoms with van der Waals surface area (Å²) in [5, 5.41) is 9.78. The average molecular weight is 219 g/mol. The minimum Gasteiger partial charge on any atom is -0.477 e. The Hall–Kier alpha value is -2.17. The average Bonchev–Trinajstić information content (AvgIpc) is 2.26. The van der Waals surface area contributed by atoms with E-state index in [1.54, 1.807) is 31.4 Å². The third kappa shape index (κ3) is 1.29. The van der Waals surface area contributed by atoms with Gasteiger partial charge in [0.15, 0.2) is 11.3 Å². The Morgan fingerprint density at radius 1 is 1.44 bits per heavy atom. The summed E-state index contributed by atoms with van der Waals surface area (Å²) >= 11 is 0. The first-order chi connectivity index (χ1) is 7.54. The number of rotatable bonds is 1. The number of aryl methyl sites for hydroxylation is 1. The topological polar surface area (TPSA) is 62.7 Å². The van der Waals surface area contributed by atoms with Crippen molar-refractivity contribution in [1.82, 2.24) is 4.40 Å². The van der Waals surface area contributed by atoms with Crippen molar-refractivity contribution in [2.45, 2.75) is 6.92 Å². The minimum absolute atomic E-state index is 0.189. The van der Waals surface area contributed by atoms with Crippen LogP contribution in [0.25, 0.3) is 5.65 Å². The predicted octanol–water partition coefficient (Wildman–Crippen LogP) is 0.0322. The highest BCUT2D eigenvalue weighted by atomic mass is 16.3. The SMILES string of the molecule is CC(=O)c1c(O)[n+](C)c2ccccn2c1=O. The lowest BCUT2D eigenvalue weighted by molar-refractivity contribution is -0.655. The maximum Gasteiger partial charge on any atom is 0.357 e. The van der Waals surface area contributed by atoms with Gasteiger partial charge in [-0.25, -0.2) is 4.79 Å². The number of aromatic hydroxyl groups is 1. The number of pyridine rings is 1. The maximum atomic E-state index is 11.9. The number of aromatic nitrogens is 2. The van der Waals surface area contributed by atoms with Crippen LogP contribution in [0.5, 0.6) is 5.88 Å². The van der Waals surface area contributed by atoms with Gasteiger partial charge in [0.05, 0.1) is 13.2 Å². The van der Waals surface area contributed by atoms with E-state index in [0.717, 1.165) is 0 Å². The van der Waals surface area contributed by atoms with Gasteiger partial charge in [-0.3, -0.25) is 4.79 Å². The Morgan fingerprint density at radius 3 is 2.75 bits per heavy atom. The summed E-state index contributed by atoms with van der Waals surface area (Å²) in [7, 11) is 1.59. The Morgan fingerprint density at radius 2 is 2.12 bits per heavy atom. The van der Waals surface area contributed by atoms with E-state index in [1.165, 1.54) is 15.9 Å². The molecular formula is C11H11N2O3+. The Bertz CT molecular complexity index is 643. The minimum atomic E-state index is -0.501. The van der Waals surface area contributed by atoms with Crippen LogP contribution in [0.1, 0.15) is 17.3 Å². The summed E-state index contributed by atoms with van der Waals surface area (Å²) in [4.78, 5) is 23.2. The second-order valence-corrected chi connectivity index (χ2v) is 3.55. The molecule has 1 N–H and O–H groups in total. The highest BCUT2D eigenvalue weighted by Crippen LogP contribution is 2.08. The van der Waals surface area contributed by atoms with Crippen LogP contribution in [0.15, 0.2) is 29.2 Å². The lowest BCUT2D eigenvalue weighted by Gasteiger charge is -2.03. The van der Waals surface area contributed by atoms with Gasteiger partial charge < -0.3 is 5.11 Å². The third-order valence-electron chi connectivity index (χ3n) is 2.51. The molecule has 0 amide bonds. The molecule has 0 aliphatic rings. The van der Waals surface area contributed by atoms with Gasteiger partial charge in [-0.1, -0.05) is 6.07 Å². The van der Waals surface area contributed by atoms with Gasteiger partial charge in [0, 0.05) is 6.07 Å². The monoisotopic (exact) mass is 219 g/mol. The quantitative estimate of drug-likeness (QED) is 0.543. The number of nitrogens with zero attached hydrogens (tertiary/aromatic N) is 2. The summed E-state index contributed by atoms with van der Waals surface area (Å²) in [5.74, 6) is -0.750. The Kier molecular flexibility index (Phi) is 2.23. The van der Waals surface area contributed by atoms with Gasteiger partial charge in [0.2, 0.25) is 0 Å². The summed E-state index contributed by atoms with van der Waals surface area (Å²) < 4.78 is 2.73. The standard InChI is InChI=1S/C11H10N2O3/c1-7(14)9-10(15)12(2)8-5-3-4-6-13(8)11(9)16/h3-6H,1-2H3/p+1. The molecule has 0 atom stereocenters. The van der Waals surface area contributed by atoms with Crippen LogP contribution in [-0.2, 0) is 7.05 Å². The summed E-state index contributed by atoms with van der Waals surface area (Å²) in [6, 6.07) is 5.13. The summed E-state index contributed by atoms with van der Waals surface area (Å²) in [6.07, 6.45) is 1.56. The molecule has 2 aromatic rings. The fraction of sp³-hybridized carbons (Fsp3) is 0.182. The molecule has 0 aromatic carbocycles.